The number of aromatic nitrogens is 1. The fraction of sp³-hybridized carbons (Fsp3) is 0.238. The Balaban J connectivity index is 1.68. The van der Waals surface area contributed by atoms with E-state index in [9.17, 15) is 4.79 Å². The predicted octanol–water partition coefficient (Wildman–Crippen LogP) is 3.94. The number of hydrogen-bond donors (Lipinski definition) is 1. The fourth-order valence-electron chi connectivity index (χ4n) is 2.74. The maximum atomic E-state index is 12.6. The Labute approximate surface area is 153 Å². The molecule has 0 unspecified atom stereocenters. The van der Waals surface area contributed by atoms with Crippen LogP contribution in [-0.2, 0) is 6.42 Å². The molecule has 0 saturated carbocycles. The minimum Gasteiger partial charge on any atom is -0.497 e. The summed E-state index contributed by atoms with van der Waals surface area (Å²) in [4.78, 5) is 12.6. The second-order valence-corrected chi connectivity index (χ2v) is 6.19. The summed E-state index contributed by atoms with van der Waals surface area (Å²) in [5.41, 5.74) is 4.20. The lowest BCUT2D eigenvalue weighted by Crippen LogP contribution is -2.26. The van der Waals surface area contributed by atoms with Gasteiger partial charge in [0.05, 0.1) is 12.8 Å². The molecular formula is C21H22N2O3. The van der Waals surface area contributed by atoms with E-state index in [4.69, 9.17) is 9.26 Å². The van der Waals surface area contributed by atoms with Crippen LogP contribution in [0.3, 0.4) is 0 Å². The molecule has 1 amide bonds. The van der Waals surface area contributed by atoms with Crippen molar-refractivity contribution in [2.24, 2.45) is 0 Å². The SMILES string of the molecule is COc1ccc(CCNC(=O)c2c(C)noc2-c2ccc(C)cc2)cc1. The molecule has 1 aromatic heterocycles. The van der Waals surface area contributed by atoms with E-state index in [0.29, 0.717) is 23.6 Å². The topological polar surface area (TPSA) is 64.4 Å². The first kappa shape index (κ1) is 17.7. The summed E-state index contributed by atoms with van der Waals surface area (Å²) < 4.78 is 10.6. The number of carbonyl (C=O) groups excluding carboxylic acids is 1. The van der Waals surface area contributed by atoms with Gasteiger partial charge in [0.25, 0.3) is 5.91 Å². The van der Waals surface area contributed by atoms with E-state index < -0.39 is 0 Å². The average Bonchev–Trinajstić information content (AvgIpc) is 3.04. The molecule has 3 rings (SSSR count). The molecule has 0 aliphatic carbocycles. The first-order valence-electron chi connectivity index (χ1n) is 8.53. The van der Waals surface area contributed by atoms with Crippen LogP contribution in [0.4, 0.5) is 0 Å². The predicted molar refractivity (Wildman–Crippen MR) is 100 cm³/mol. The van der Waals surface area contributed by atoms with Gasteiger partial charge in [-0.25, -0.2) is 0 Å². The number of benzene rings is 2. The molecule has 0 fully saturated rings. The van der Waals surface area contributed by atoms with Crippen LogP contribution in [0.1, 0.15) is 27.2 Å². The Morgan fingerprint density at radius 1 is 1.08 bits per heavy atom. The second kappa shape index (κ2) is 7.87. The van der Waals surface area contributed by atoms with Gasteiger partial charge in [-0.1, -0.05) is 47.1 Å². The smallest absolute Gasteiger partial charge is 0.257 e. The summed E-state index contributed by atoms with van der Waals surface area (Å²) in [7, 11) is 1.64. The number of ether oxygens (including phenoxy) is 1. The molecule has 5 nitrogen and oxygen atoms in total. The zero-order chi connectivity index (χ0) is 18.5. The molecule has 0 saturated heterocycles. The normalized spacial score (nSPS) is 10.6. The van der Waals surface area contributed by atoms with Crippen molar-refractivity contribution in [3.63, 3.8) is 0 Å². The first-order chi connectivity index (χ1) is 12.6. The van der Waals surface area contributed by atoms with Gasteiger partial charge in [0.1, 0.15) is 11.3 Å². The van der Waals surface area contributed by atoms with Crippen LogP contribution in [-0.4, -0.2) is 24.7 Å². The summed E-state index contributed by atoms with van der Waals surface area (Å²) in [6.45, 7) is 4.32. The van der Waals surface area contributed by atoms with Gasteiger partial charge in [0.15, 0.2) is 5.76 Å². The number of aryl methyl sites for hydroxylation is 2. The molecule has 3 aromatic rings. The van der Waals surface area contributed by atoms with Crippen LogP contribution in [0.15, 0.2) is 53.1 Å². The summed E-state index contributed by atoms with van der Waals surface area (Å²) in [5.74, 6) is 1.15. The molecule has 0 radical (unpaired) electrons. The lowest BCUT2D eigenvalue weighted by atomic mass is 10.0. The van der Waals surface area contributed by atoms with Crippen molar-refractivity contribution >= 4 is 5.91 Å². The average molecular weight is 350 g/mol. The van der Waals surface area contributed by atoms with Crippen LogP contribution in [0.25, 0.3) is 11.3 Å². The van der Waals surface area contributed by atoms with Crippen molar-refractivity contribution in [1.29, 1.82) is 0 Å². The minimum atomic E-state index is -0.173. The van der Waals surface area contributed by atoms with Gasteiger partial charge in [-0.05, 0) is 38.0 Å². The lowest BCUT2D eigenvalue weighted by Gasteiger charge is -2.07. The highest BCUT2D eigenvalue weighted by Gasteiger charge is 2.21. The van der Waals surface area contributed by atoms with Crippen LogP contribution >= 0.6 is 0 Å². The van der Waals surface area contributed by atoms with E-state index in [1.54, 1.807) is 14.0 Å². The molecule has 0 atom stereocenters. The van der Waals surface area contributed by atoms with Gasteiger partial charge >= 0.3 is 0 Å². The van der Waals surface area contributed by atoms with Gasteiger partial charge in [-0.15, -0.1) is 0 Å². The Hall–Kier alpha value is -3.08. The van der Waals surface area contributed by atoms with Gasteiger partial charge in [-0.3, -0.25) is 4.79 Å². The van der Waals surface area contributed by atoms with Crippen molar-refractivity contribution in [2.75, 3.05) is 13.7 Å². The van der Waals surface area contributed by atoms with Crippen molar-refractivity contribution in [2.45, 2.75) is 20.3 Å². The van der Waals surface area contributed by atoms with Crippen LogP contribution < -0.4 is 10.1 Å². The molecule has 26 heavy (non-hydrogen) atoms. The Kier molecular flexibility index (Phi) is 5.37. The molecule has 134 valence electrons. The van der Waals surface area contributed by atoms with E-state index in [2.05, 4.69) is 10.5 Å². The highest BCUT2D eigenvalue weighted by atomic mass is 16.5. The van der Waals surface area contributed by atoms with Gasteiger partial charge in [0.2, 0.25) is 0 Å². The van der Waals surface area contributed by atoms with Crippen LogP contribution in [0.2, 0.25) is 0 Å². The van der Waals surface area contributed by atoms with E-state index in [0.717, 1.165) is 28.9 Å². The van der Waals surface area contributed by atoms with E-state index in [1.165, 1.54) is 0 Å². The summed E-state index contributed by atoms with van der Waals surface area (Å²) in [6.07, 6.45) is 0.736. The lowest BCUT2D eigenvalue weighted by molar-refractivity contribution is 0.0954. The number of nitrogens with one attached hydrogen (secondary N) is 1. The standard InChI is InChI=1S/C21H22N2O3/c1-14-4-8-17(9-5-14)20-19(15(2)23-26-20)21(24)22-13-12-16-6-10-18(25-3)11-7-16/h4-11H,12-13H2,1-3H3,(H,22,24). The van der Waals surface area contributed by atoms with Gasteiger partial charge < -0.3 is 14.6 Å². The van der Waals surface area contributed by atoms with Crippen LogP contribution in [0, 0.1) is 13.8 Å². The number of nitrogens with zero attached hydrogens (tertiary/aromatic N) is 1. The van der Waals surface area contributed by atoms with Crippen molar-refractivity contribution in [3.05, 3.63) is 70.9 Å². The molecule has 5 heteroatoms. The molecule has 0 aliphatic heterocycles. The second-order valence-electron chi connectivity index (χ2n) is 6.19. The number of rotatable bonds is 6. The largest absolute Gasteiger partial charge is 0.497 e. The monoisotopic (exact) mass is 350 g/mol. The van der Waals surface area contributed by atoms with E-state index in [-0.39, 0.29) is 5.91 Å². The minimum absolute atomic E-state index is 0.173. The molecule has 0 aliphatic rings. The molecular weight excluding hydrogens is 328 g/mol. The summed E-state index contributed by atoms with van der Waals surface area (Å²) >= 11 is 0. The molecule has 0 spiro atoms. The highest BCUT2D eigenvalue weighted by Crippen LogP contribution is 2.26. The van der Waals surface area contributed by atoms with Crippen LogP contribution in [0.5, 0.6) is 5.75 Å². The Morgan fingerprint density at radius 2 is 1.77 bits per heavy atom. The zero-order valence-corrected chi connectivity index (χ0v) is 15.2. The molecule has 1 N–H and O–H groups in total. The van der Waals surface area contributed by atoms with Crippen molar-refractivity contribution < 1.29 is 14.1 Å². The Morgan fingerprint density at radius 3 is 2.42 bits per heavy atom. The quantitative estimate of drug-likeness (QED) is 0.731. The Bertz CT molecular complexity index is 881. The summed E-state index contributed by atoms with van der Waals surface area (Å²) in [5, 5.41) is 6.93. The molecule has 0 bridgehead atoms. The third-order valence-corrected chi connectivity index (χ3v) is 4.26. The molecule has 1 heterocycles. The highest BCUT2D eigenvalue weighted by molar-refractivity contribution is 6.00. The van der Waals surface area contributed by atoms with Crippen molar-refractivity contribution in [1.82, 2.24) is 10.5 Å². The third kappa shape index (κ3) is 3.94. The van der Waals surface area contributed by atoms with E-state index >= 15 is 0 Å². The molecule has 2 aromatic carbocycles. The van der Waals surface area contributed by atoms with Gasteiger partial charge in [-0.2, -0.15) is 0 Å². The maximum Gasteiger partial charge on any atom is 0.257 e. The number of amides is 1. The first-order valence-corrected chi connectivity index (χ1v) is 8.53. The third-order valence-electron chi connectivity index (χ3n) is 4.26. The number of carbonyl (C=O) groups is 1. The van der Waals surface area contributed by atoms with Crippen molar-refractivity contribution in [3.8, 4) is 17.1 Å². The number of hydrogen-bond acceptors (Lipinski definition) is 4. The fourth-order valence-corrected chi connectivity index (χ4v) is 2.74. The maximum absolute atomic E-state index is 12.6. The van der Waals surface area contributed by atoms with Gasteiger partial charge in [0, 0.05) is 12.1 Å². The number of methoxy groups -OCH3 is 1. The van der Waals surface area contributed by atoms with E-state index in [1.807, 2.05) is 55.5 Å². The zero-order valence-electron chi connectivity index (χ0n) is 15.2. The summed E-state index contributed by atoms with van der Waals surface area (Å²) in [6, 6.07) is 15.7.